The van der Waals surface area contributed by atoms with Crippen molar-refractivity contribution in [2.75, 3.05) is 39.7 Å². The zero-order valence-corrected chi connectivity index (χ0v) is 21.2. The lowest BCUT2D eigenvalue weighted by molar-refractivity contribution is -0.120. The molecule has 0 unspecified atom stereocenters. The van der Waals surface area contributed by atoms with E-state index in [4.69, 9.17) is 14.2 Å². The fourth-order valence-electron chi connectivity index (χ4n) is 4.05. The van der Waals surface area contributed by atoms with E-state index in [0.717, 1.165) is 10.1 Å². The van der Waals surface area contributed by atoms with Gasteiger partial charge >= 0.3 is 5.97 Å². The number of hydrogen-bond donors (Lipinski definition) is 1. The lowest BCUT2D eigenvalue weighted by Gasteiger charge is -2.31. The molecule has 3 aromatic rings. The van der Waals surface area contributed by atoms with Gasteiger partial charge in [0.15, 0.2) is 0 Å². The first kappa shape index (κ1) is 25.0. The highest BCUT2D eigenvalue weighted by molar-refractivity contribution is 7.89. The van der Waals surface area contributed by atoms with Crippen LogP contribution in [-0.4, -0.2) is 59.0 Å². The van der Waals surface area contributed by atoms with E-state index in [0.29, 0.717) is 29.2 Å². The summed E-state index contributed by atoms with van der Waals surface area (Å²) in [5, 5.41) is 3.75. The normalized spacial score (nSPS) is 15.1. The van der Waals surface area contributed by atoms with Crippen molar-refractivity contribution in [2.45, 2.75) is 17.7 Å². The third-order valence-electron chi connectivity index (χ3n) is 5.98. The number of methoxy groups -OCH3 is 3. The van der Waals surface area contributed by atoms with Crippen molar-refractivity contribution < 1.29 is 32.2 Å². The lowest BCUT2D eigenvalue weighted by atomic mass is 9.97. The number of amides is 1. The number of anilines is 1. The zero-order valence-electron chi connectivity index (χ0n) is 19.6. The molecular weight excluding hydrogens is 492 g/mol. The van der Waals surface area contributed by atoms with Crippen LogP contribution in [0.1, 0.15) is 22.5 Å². The van der Waals surface area contributed by atoms with E-state index in [9.17, 15) is 18.0 Å². The van der Waals surface area contributed by atoms with Gasteiger partial charge < -0.3 is 19.5 Å². The molecule has 1 aliphatic rings. The Labute approximate surface area is 207 Å². The summed E-state index contributed by atoms with van der Waals surface area (Å²) in [5.74, 6) is -0.226. The molecule has 35 heavy (non-hydrogen) atoms. The Kier molecular flexibility index (Phi) is 7.29. The first-order chi connectivity index (χ1) is 16.8. The Bertz CT molecular complexity index is 1360. The number of piperidine rings is 1. The van der Waals surface area contributed by atoms with E-state index in [1.165, 1.54) is 43.0 Å². The number of carbonyl (C=O) groups is 2. The van der Waals surface area contributed by atoms with Gasteiger partial charge in [-0.2, -0.15) is 4.31 Å². The smallest absolute Gasteiger partial charge is 0.348 e. The summed E-state index contributed by atoms with van der Waals surface area (Å²) in [6.07, 6.45) is 0.787. The van der Waals surface area contributed by atoms with Crippen LogP contribution in [0.5, 0.6) is 11.5 Å². The molecule has 1 fully saturated rings. The van der Waals surface area contributed by atoms with E-state index in [1.54, 1.807) is 24.3 Å². The SMILES string of the molecule is COC(=O)c1cc2cc(NC(=O)C3CCN(S(=O)(=O)c4cc(OC)ccc4OC)CC3)ccc2s1. The monoisotopic (exact) mass is 518 g/mol. The summed E-state index contributed by atoms with van der Waals surface area (Å²) < 4.78 is 44.0. The fourth-order valence-corrected chi connectivity index (χ4v) is 6.65. The minimum absolute atomic E-state index is 0.0395. The van der Waals surface area contributed by atoms with Crippen molar-refractivity contribution in [2.24, 2.45) is 5.92 Å². The molecule has 2 heterocycles. The fraction of sp³-hybridized carbons (Fsp3) is 0.333. The minimum Gasteiger partial charge on any atom is -0.497 e. The Hall–Kier alpha value is -3.15. The summed E-state index contributed by atoms with van der Waals surface area (Å²) in [5.41, 5.74) is 0.618. The number of rotatable bonds is 7. The van der Waals surface area contributed by atoms with E-state index >= 15 is 0 Å². The van der Waals surface area contributed by atoms with E-state index < -0.39 is 16.0 Å². The molecule has 1 aliphatic heterocycles. The van der Waals surface area contributed by atoms with Crippen LogP contribution in [0.15, 0.2) is 47.4 Å². The average Bonchev–Trinajstić information content (AvgIpc) is 3.31. The predicted molar refractivity (Wildman–Crippen MR) is 133 cm³/mol. The molecule has 1 saturated heterocycles. The van der Waals surface area contributed by atoms with Crippen molar-refractivity contribution in [3.05, 3.63) is 47.3 Å². The van der Waals surface area contributed by atoms with Crippen molar-refractivity contribution in [3.8, 4) is 11.5 Å². The van der Waals surface area contributed by atoms with Crippen molar-refractivity contribution in [3.63, 3.8) is 0 Å². The number of nitrogens with zero attached hydrogens (tertiary/aromatic N) is 1. The number of ether oxygens (including phenoxy) is 3. The first-order valence-electron chi connectivity index (χ1n) is 10.9. The number of hydrogen-bond acceptors (Lipinski definition) is 8. The summed E-state index contributed by atoms with van der Waals surface area (Å²) in [6, 6.07) is 11.8. The second-order valence-electron chi connectivity index (χ2n) is 8.04. The molecule has 4 rings (SSSR count). The Morgan fingerprint density at radius 3 is 2.40 bits per heavy atom. The van der Waals surface area contributed by atoms with Crippen LogP contribution >= 0.6 is 11.3 Å². The highest BCUT2D eigenvalue weighted by Crippen LogP contribution is 2.33. The Morgan fingerprint density at radius 1 is 1.00 bits per heavy atom. The topological polar surface area (TPSA) is 111 Å². The lowest BCUT2D eigenvalue weighted by Crippen LogP contribution is -2.41. The second-order valence-corrected chi connectivity index (χ2v) is 11.0. The van der Waals surface area contributed by atoms with Gasteiger partial charge in [-0.05, 0) is 54.6 Å². The zero-order chi connectivity index (χ0) is 25.2. The van der Waals surface area contributed by atoms with Gasteiger partial charge in [0.1, 0.15) is 21.3 Å². The van der Waals surface area contributed by atoms with E-state index in [1.807, 2.05) is 12.1 Å². The minimum atomic E-state index is -3.82. The molecule has 0 aliphatic carbocycles. The van der Waals surface area contributed by atoms with E-state index in [-0.39, 0.29) is 35.6 Å². The molecule has 0 radical (unpaired) electrons. The van der Waals surface area contributed by atoms with Crippen LogP contribution in [0, 0.1) is 5.92 Å². The summed E-state index contributed by atoms with van der Waals surface area (Å²) in [4.78, 5) is 25.2. The van der Waals surface area contributed by atoms with Crippen LogP contribution < -0.4 is 14.8 Å². The van der Waals surface area contributed by atoms with Gasteiger partial charge in [-0.15, -0.1) is 11.3 Å². The van der Waals surface area contributed by atoms with Crippen LogP contribution in [0.3, 0.4) is 0 Å². The summed E-state index contributed by atoms with van der Waals surface area (Å²) >= 11 is 1.32. The Balaban J connectivity index is 1.42. The van der Waals surface area contributed by atoms with Gasteiger partial charge in [0.2, 0.25) is 15.9 Å². The van der Waals surface area contributed by atoms with Gasteiger partial charge in [0.05, 0.1) is 21.3 Å². The molecule has 0 spiro atoms. The Morgan fingerprint density at radius 2 is 1.74 bits per heavy atom. The molecular formula is C24H26N2O7S2. The van der Waals surface area contributed by atoms with Crippen LogP contribution in [-0.2, 0) is 19.6 Å². The largest absolute Gasteiger partial charge is 0.497 e. The number of carbonyl (C=O) groups excluding carboxylic acids is 2. The van der Waals surface area contributed by atoms with Crippen molar-refractivity contribution >= 4 is 49.0 Å². The average molecular weight is 519 g/mol. The first-order valence-corrected chi connectivity index (χ1v) is 13.2. The highest BCUT2D eigenvalue weighted by atomic mass is 32.2. The number of sulfonamides is 1. The molecule has 2 aromatic carbocycles. The van der Waals surface area contributed by atoms with Gasteiger partial charge in [0.25, 0.3) is 0 Å². The van der Waals surface area contributed by atoms with Crippen molar-refractivity contribution in [1.29, 1.82) is 0 Å². The molecule has 9 nitrogen and oxygen atoms in total. The summed E-state index contributed by atoms with van der Waals surface area (Å²) in [6.45, 7) is 0.430. The second kappa shape index (κ2) is 10.2. The maximum Gasteiger partial charge on any atom is 0.348 e. The number of benzene rings is 2. The molecule has 0 bridgehead atoms. The molecule has 1 aromatic heterocycles. The van der Waals surface area contributed by atoms with Crippen LogP contribution in [0.25, 0.3) is 10.1 Å². The van der Waals surface area contributed by atoms with Gasteiger partial charge in [-0.3, -0.25) is 4.79 Å². The highest BCUT2D eigenvalue weighted by Gasteiger charge is 2.34. The number of esters is 1. The number of nitrogens with one attached hydrogen (secondary N) is 1. The number of fused-ring (bicyclic) bond motifs is 1. The third kappa shape index (κ3) is 5.12. The van der Waals surface area contributed by atoms with Gasteiger partial charge in [-0.1, -0.05) is 0 Å². The predicted octanol–water partition coefficient (Wildman–Crippen LogP) is 3.74. The van der Waals surface area contributed by atoms with Crippen LogP contribution in [0.2, 0.25) is 0 Å². The van der Waals surface area contributed by atoms with Gasteiger partial charge in [0, 0.05) is 35.5 Å². The maximum atomic E-state index is 13.3. The number of thiophene rings is 1. The standard InChI is InChI=1S/C24H26N2O7S2/c1-31-18-5-6-19(32-2)22(14-18)35(29,30)26-10-8-15(9-11-26)23(27)25-17-4-7-20-16(12-17)13-21(34-20)24(28)33-3/h4-7,12-15H,8-11H2,1-3H3,(H,25,27). The molecule has 0 atom stereocenters. The maximum absolute atomic E-state index is 13.3. The molecule has 11 heteroatoms. The quantitative estimate of drug-likeness (QED) is 0.474. The molecule has 1 amide bonds. The van der Waals surface area contributed by atoms with Crippen molar-refractivity contribution in [1.82, 2.24) is 4.31 Å². The van der Waals surface area contributed by atoms with E-state index in [2.05, 4.69) is 5.32 Å². The third-order valence-corrected chi connectivity index (χ3v) is 9.00. The molecule has 186 valence electrons. The van der Waals surface area contributed by atoms with Gasteiger partial charge in [-0.25, -0.2) is 13.2 Å². The molecule has 1 N–H and O–H groups in total. The molecule has 0 saturated carbocycles. The van der Waals surface area contributed by atoms with Crippen LogP contribution in [0.4, 0.5) is 5.69 Å². The summed E-state index contributed by atoms with van der Waals surface area (Å²) in [7, 11) is 0.405.